The first-order valence-electron chi connectivity index (χ1n) is 6.61. The molecule has 7 nitrogen and oxygen atoms in total. The number of phenolic OH excluding ortho intramolecular Hbond substituents is 1. The molecule has 0 radical (unpaired) electrons. The molecule has 0 saturated heterocycles. The van der Waals surface area contributed by atoms with Gasteiger partial charge in [0, 0.05) is 22.4 Å². The van der Waals surface area contributed by atoms with Gasteiger partial charge in [-0.1, -0.05) is 29.2 Å². The summed E-state index contributed by atoms with van der Waals surface area (Å²) in [5, 5.41) is 20.3. The Hall–Kier alpha value is -2.26. The Morgan fingerprint density at radius 1 is 1.35 bits per heavy atom. The van der Waals surface area contributed by atoms with Crippen LogP contribution in [0.3, 0.4) is 0 Å². The van der Waals surface area contributed by atoms with E-state index >= 15 is 0 Å². The van der Waals surface area contributed by atoms with E-state index in [-0.39, 0.29) is 16.4 Å². The monoisotopic (exact) mass is 350 g/mol. The number of thioether (sulfide) groups is 1. The number of nitrogens with one attached hydrogen (secondary N) is 1. The van der Waals surface area contributed by atoms with Crippen molar-refractivity contribution in [2.24, 2.45) is 5.92 Å². The second-order valence-corrected chi connectivity index (χ2v) is 7.38. The number of H-pyrrole nitrogens is 1. The number of hydrogen-bond donors (Lipinski definition) is 2. The lowest BCUT2D eigenvalue weighted by atomic mass is 9.80. The van der Waals surface area contributed by atoms with Gasteiger partial charge in [-0.2, -0.15) is 0 Å². The number of fused-ring (bicyclic) bond motifs is 5. The number of aromatic nitrogens is 1. The molecular weight excluding hydrogens is 342 g/mol. The van der Waals surface area contributed by atoms with Gasteiger partial charge in [0.05, 0.1) is 22.2 Å². The third-order valence-corrected chi connectivity index (χ3v) is 6.29. The molecule has 2 N–H and O–H groups in total. The summed E-state index contributed by atoms with van der Waals surface area (Å²) in [7, 11) is 0. The number of benzene rings is 1. The van der Waals surface area contributed by atoms with Crippen LogP contribution in [0.2, 0.25) is 0 Å². The molecule has 23 heavy (non-hydrogen) atoms. The number of aliphatic carboxylic acids is 1. The summed E-state index contributed by atoms with van der Waals surface area (Å²) >= 11 is 1.84. The predicted octanol–water partition coefficient (Wildman–Crippen LogP) is 0.0333. The maximum atomic E-state index is 12.3. The Balaban J connectivity index is 1.98. The van der Waals surface area contributed by atoms with Gasteiger partial charge in [0.25, 0.3) is 0 Å². The van der Waals surface area contributed by atoms with Crippen LogP contribution in [-0.4, -0.2) is 27.3 Å². The highest BCUT2D eigenvalue weighted by molar-refractivity contribution is 8.00. The number of aromatic amines is 1. The van der Waals surface area contributed by atoms with Crippen LogP contribution in [0.5, 0.6) is 11.5 Å². The zero-order valence-corrected chi connectivity index (χ0v) is 12.9. The smallest absolute Gasteiger partial charge is 0.316 e. The highest BCUT2D eigenvalue weighted by Gasteiger charge is 2.49. The number of carboxylic acids is 1. The Labute approximate surface area is 136 Å². The van der Waals surface area contributed by atoms with Crippen molar-refractivity contribution in [1.82, 2.24) is 4.98 Å². The lowest BCUT2D eigenvalue weighted by molar-refractivity contribution is -0.306. The standard InChI is InChI=1S/C14H9NO6S2/c16-4-1-2-5-6(3-4)21-13(19)8-7(5)9-11(15-14(20)23-9)22-10(8)12(17)18/h1-3,7-8,10,16H,(H,15,20)(H,17,18)/p-1/t7-,8+,10+/m1/s1. The van der Waals surface area contributed by atoms with Crippen molar-refractivity contribution in [3.8, 4) is 11.5 Å². The molecule has 0 bridgehead atoms. The highest BCUT2D eigenvalue weighted by Crippen LogP contribution is 2.53. The van der Waals surface area contributed by atoms with Crippen LogP contribution in [0.4, 0.5) is 0 Å². The van der Waals surface area contributed by atoms with E-state index < -0.39 is 29.0 Å². The topological polar surface area (TPSA) is 120 Å². The van der Waals surface area contributed by atoms with E-state index in [1.165, 1.54) is 12.1 Å². The minimum atomic E-state index is -1.39. The summed E-state index contributed by atoms with van der Waals surface area (Å²) in [6.45, 7) is 0. The average molecular weight is 350 g/mol. The number of esters is 1. The fraction of sp³-hybridized carbons (Fsp3) is 0.214. The van der Waals surface area contributed by atoms with Gasteiger partial charge in [0.2, 0.25) is 0 Å². The first kappa shape index (κ1) is 14.3. The summed E-state index contributed by atoms with van der Waals surface area (Å²) in [5.74, 6) is -3.59. The van der Waals surface area contributed by atoms with Gasteiger partial charge in [0.1, 0.15) is 11.5 Å². The number of carbonyl (C=O) groups excluding carboxylic acids is 2. The number of carboxylic acid groups (broad SMARTS) is 1. The minimum absolute atomic E-state index is 0.0703. The van der Waals surface area contributed by atoms with Crippen LogP contribution in [0.15, 0.2) is 28.0 Å². The number of rotatable bonds is 1. The van der Waals surface area contributed by atoms with Crippen molar-refractivity contribution in [2.75, 3.05) is 0 Å². The van der Waals surface area contributed by atoms with Gasteiger partial charge in [-0.15, -0.1) is 0 Å². The Morgan fingerprint density at radius 2 is 2.13 bits per heavy atom. The molecule has 3 heterocycles. The second-order valence-electron chi connectivity index (χ2n) is 5.21. The van der Waals surface area contributed by atoms with Crippen LogP contribution in [0.25, 0.3) is 0 Å². The molecule has 1 aromatic carbocycles. The van der Waals surface area contributed by atoms with Crippen molar-refractivity contribution < 1.29 is 24.5 Å². The molecule has 0 unspecified atom stereocenters. The van der Waals surface area contributed by atoms with E-state index in [9.17, 15) is 24.6 Å². The van der Waals surface area contributed by atoms with Crippen LogP contribution in [0.1, 0.15) is 16.4 Å². The Bertz CT molecular complexity index is 901. The van der Waals surface area contributed by atoms with E-state index in [1.54, 1.807) is 6.07 Å². The fourth-order valence-electron chi connectivity index (χ4n) is 2.99. The van der Waals surface area contributed by atoms with E-state index in [0.717, 1.165) is 23.1 Å². The molecule has 118 valence electrons. The Morgan fingerprint density at radius 3 is 2.87 bits per heavy atom. The molecule has 0 amide bonds. The van der Waals surface area contributed by atoms with Crippen molar-refractivity contribution in [2.45, 2.75) is 16.2 Å². The maximum Gasteiger partial charge on any atom is 0.316 e. The number of aromatic hydroxyl groups is 1. The summed E-state index contributed by atoms with van der Waals surface area (Å²) in [5.41, 5.74) is 0.565. The quantitative estimate of drug-likeness (QED) is 0.550. The first-order valence-corrected chi connectivity index (χ1v) is 8.30. The largest absolute Gasteiger partial charge is 0.549 e. The zero-order valence-electron chi connectivity index (χ0n) is 11.3. The van der Waals surface area contributed by atoms with Crippen molar-refractivity contribution in [1.29, 1.82) is 0 Å². The number of ether oxygens (including phenoxy) is 1. The maximum absolute atomic E-state index is 12.3. The summed E-state index contributed by atoms with van der Waals surface area (Å²) in [6, 6.07) is 4.30. The fourth-order valence-corrected chi connectivity index (χ4v) is 5.38. The molecule has 1 aromatic heterocycles. The molecule has 0 aliphatic carbocycles. The molecule has 2 aromatic rings. The highest BCUT2D eigenvalue weighted by atomic mass is 32.2. The number of thiazole rings is 1. The van der Waals surface area contributed by atoms with Crippen molar-refractivity contribution in [3.63, 3.8) is 0 Å². The van der Waals surface area contributed by atoms with Crippen LogP contribution >= 0.6 is 23.1 Å². The van der Waals surface area contributed by atoms with E-state index in [4.69, 9.17) is 4.74 Å². The van der Waals surface area contributed by atoms with Gasteiger partial charge in [0.15, 0.2) is 0 Å². The minimum Gasteiger partial charge on any atom is -0.549 e. The summed E-state index contributed by atoms with van der Waals surface area (Å²) in [6.07, 6.45) is 0. The molecule has 0 spiro atoms. The van der Waals surface area contributed by atoms with Gasteiger partial charge >= 0.3 is 10.8 Å². The molecule has 3 atom stereocenters. The summed E-state index contributed by atoms with van der Waals surface area (Å²) < 4.78 is 5.20. The molecular formula is C14H8NO6S2-. The van der Waals surface area contributed by atoms with Gasteiger partial charge < -0.3 is 24.7 Å². The lowest BCUT2D eigenvalue weighted by Gasteiger charge is -2.39. The van der Waals surface area contributed by atoms with Gasteiger partial charge in [-0.05, 0) is 6.07 Å². The normalized spacial score (nSPS) is 25.0. The van der Waals surface area contributed by atoms with Crippen LogP contribution < -0.4 is 14.7 Å². The number of hydrogen-bond acceptors (Lipinski definition) is 8. The molecule has 4 rings (SSSR count). The molecule has 9 heteroatoms. The summed E-state index contributed by atoms with van der Waals surface area (Å²) in [4.78, 5) is 38.4. The Kier molecular flexibility index (Phi) is 3.03. The van der Waals surface area contributed by atoms with Gasteiger partial charge in [-0.25, -0.2) is 0 Å². The van der Waals surface area contributed by atoms with Gasteiger partial charge in [-0.3, -0.25) is 9.59 Å². The third-order valence-electron chi connectivity index (χ3n) is 3.90. The zero-order chi connectivity index (χ0) is 16.3. The molecule has 2 aliphatic rings. The third kappa shape index (κ3) is 2.07. The van der Waals surface area contributed by atoms with Crippen molar-refractivity contribution in [3.05, 3.63) is 38.3 Å². The van der Waals surface area contributed by atoms with E-state index in [0.29, 0.717) is 15.5 Å². The first-order chi connectivity index (χ1) is 11.0. The SMILES string of the molecule is O=C1Oc2cc(O)ccc2[C@H]2c3sc(=O)[nH]c3S[C@H](C(=O)[O-])[C@@H]12. The molecule has 2 aliphatic heterocycles. The van der Waals surface area contributed by atoms with Crippen LogP contribution in [0, 0.1) is 5.92 Å². The second kappa shape index (κ2) is 4.87. The predicted molar refractivity (Wildman–Crippen MR) is 78.7 cm³/mol. The number of carbonyl (C=O) groups is 2. The van der Waals surface area contributed by atoms with E-state index in [2.05, 4.69) is 4.98 Å². The average Bonchev–Trinajstić information content (AvgIpc) is 2.85. The number of phenols is 1. The molecule has 0 fully saturated rings. The van der Waals surface area contributed by atoms with Crippen LogP contribution in [-0.2, 0) is 9.59 Å². The molecule has 0 saturated carbocycles. The lowest BCUT2D eigenvalue weighted by Crippen LogP contribution is -2.48. The van der Waals surface area contributed by atoms with E-state index in [1.807, 2.05) is 0 Å². The van der Waals surface area contributed by atoms with Crippen molar-refractivity contribution >= 4 is 35.0 Å².